The van der Waals surface area contributed by atoms with Gasteiger partial charge in [0.2, 0.25) is 0 Å². The molecular weight excluding hydrogens is 1730 g/mol. The summed E-state index contributed by atoms with van der Waals surface area (Å²) in [6.07, 6.45) is 0. The summed E-state index contributed by atoms with van der Waals surface area (Å²) in [6, 6.07) is 0. The maximum absolute atomic E-state index is 0. The van der Waals surface area contributed by atoms with E-state index in [2.05, 4.69) is 0 Å². The van der Waals surface area contributed by atoms with Crippen LogP contribution in [-0.4, -0.2) is 41.3 Å². The van der Waals surface area contributed by atoms with E-state index in [1.165, 1.54) is 0 Å². The molecule has 0 rings (SSSR count). The van der Waals surface area contributed by atoms with Gasteiger partial charge in [0.25, 0.3) is 0 Å². The topological polar surface area (TPSA) is 0 Å². The van der Waals surface area contributed by atoms with Crippen LogP contribution in [0.5, 0.6) is 0 Å². The monoisotopic (exact) mass is 1730 g/mol. The third kappa shape index (κ3) is 127. The molecule has 0 N–H and O–H groups in total. The molecule has 0 aromatic carbocycles. The molecule has 0 fully saturated rings. The van der Waals surface area contributed by atoms with Crippen molar-refractivity contribution in [1.29, 1.82) is 0 Å². The number of hydrogen-bond donors (Lipinski definition) is 0. The van der Waals surface area contributed by atoms with Crippen molar-refractivity contribution in [3.8, 4) is 0 Å². The van der Waals surface area contributed by atoms with Gasteiger partial charge in [-0.3, -0.25) is 0 Å². The molecule has 139 valence electrons. The van der Waals surface area contributed by atoms with E-state index in [0.717, 1.165) is 0 Å². The number of rotatable bonds is 0. The molecule has 0 aromatic rings. The minimum atomic E-state index is 0. The van der Waals surface area contributed by atoms with Crippen molar-refractivity contribution >= 4 is 41.3 Å². The first-order valence-corrected chi connectivity index (χ1v) is 0. The van der Waals surface area contributed by atoms with Gasteiger partial charge in [-0.15, -0.1) is 0 Å². The van der Waals surface area contributed by atoms with Crippen molar-refractivity contribution in [1.82, 2.24) is 0 Å². The van der Waals surface area contributed by atoms with Gasteiger partial charge in [-0.2, -0.15) is 0 Å². The van der Waals surface area contributed by atoms with Crippen LogP contribution >= 0.6 is 0 Å². The Hall–Kier alpha value is 9.94. The third-order valence-electron chi connectivity index (χ3n) is 0. The molecule has 0 nitrogen and oxygen atoms in total. The van der Waals surface area contributed by atoms with Gasteiger partial charge in [0, 0.05) is 271 Å². The average Bonchev–Trinajstić information content (AvgIpc) is 0. The fourth-order valence-corrected chi connectivity index (χ4v) is 0. The Bertz CT molecular complexity index is 64.0. The van der Waals surface area contributed by atoms with Gasteiger partial charge in [-0.05, 0) is 0 Å². The zero-order valence-electron chi connectivity index (χ0n) is 5.41. The molecular formula is H5AgAlAuCoCuFeIrMnMoNiOsPdPtRhRuSn. The van der Waals surface area contributed by atoms with Gasteiger partial charge in [0.05, 0.1) is 0 Å². The second-order valence-electron chi connectivity index (χ2n) is 0. The Morgan fingerprint density at radius 1 is 1.00 bits per heavy atom. The molecule has 0 aliphatic heterocycles. The first-order chi connectivity index (χ1) is 0. The van der Waals surface area contributed by atoms with Gasteiger partial charge in [-0.25, -0.2) is 0 Å². The summed E-state index contributed by atoms with van der Waals surface area (Å²) >= 11 is 0. The molecule has 0 saturated heterocycles. The second kappa shape index (κ2) is 145. The van der Waals surface area contributed by atoms with E-state index < -0.39 is 0 Å². The standard InChI is InChI=1S/Ag.Al.Au.Co.Cu.Fe.Ir.Mn.Mo.Ni.Os.Pd.Pt.Rh.Ru.Sn.5H. The Balaban J connectivity index is 0. The quantitative estimate of drug-likeness (QED) is 0.244. The summed E-state index contributed by atoms with van der Waals surface area (Å²) < 4.78 is 0. The van der Waals surface area contributed by atoms with E-state index >= 15 is 0 Å². The van der Waals surface area contributed by atoms with E-state index in [4.69, 9.17) is 0 Å². The Labute approximate surface area is 304 Å². The Morgan fingerprint density at radius 3 is 1.00 bits per heavy atom. The van der Waals surface area contributed by atoms with Crippen LogP contribution in [0.3, 0.4) is 0 Å². The van der Waals surface area contributed by atoms with Crippen molar-refractivity contribution < 1.29 is 271 Å². The van der Waals surface area contributed by atoms with E-state index in [1.807, 2.05) is 0 Å². The van der Waals surface area contributed by atoms with Gasteiger partial charge in [0.1, 0.15) is 0 Å². The molecule has 0 unspecified atom stereocenters. The fourth-order valence-electron chi connectivity index (χ4n) is 0. The zero-order chi connectivity index (χ0) is 0. The van der Waals surface area contributed by atoms with E-state index in [-0.39, 0.29) is 312 Å². The minimum absolute atomic E-state index is 0. The molecule has 0 amide bonds. The molecule has 0 atom stereocenters. The summed E-state index contributed by atoms with van der Waals surface area (Å²) in [5.74, 6) is 0. The summed E-state index contributed by atoms with van der Waals surface area (Å²) in [7, 11) is 0. The molecule has 16 heteroatoms. The van der Waals surface area contributed by atoms with Crippen molar-refractivity contribution in [3.63, 3.8) is 0 Å². The summed E-state index contributed by atoms with van der Waals surface area (Å²) in [5.41, 5.74) is 0. The maximum atomic E-state index is 0. The van der Waals surface area contributed by atoms with Crippen molar-refractivity contribution in [2.45, 2.75) is 0 Å². The van der Waals surface area contributed by atoms with Gasteiger partial charge >= 0.3 is 23.9 Å². The van der Waals surface area contributed by atoms with E-state index in [9.17, 15) is 0 Å². The van der Waals surface area contributed by atoms with Crippen LogP contribution in [0, 0.1) is 0 Å². The molecule has 0 aliphatic rings. The summed E-state index contributed by atoms with van der Waals surface area (Å²) in [6.45, 7) is 0. The van der Waals surface area contributed by atoms with Gasteiger partial charge < -0.3 is 0 Å². The predicted molar refractivity (Wildman–Crippen MR) is 18.5 cm³/mol. The zero-order valence-corrected chi connectivity index (χ0v) is 32.5. The van der Waals surface area contributed by atoms with Crippen molar-refractivity contribution in [2.24, 2.45) is 0 Å². The molecule has 0 bridgehead atoms. The van der Waals surface area contributed by atoms with Crippen LogP contribution in [0.1, 0.15) is 0 Å². The predicted octanol–water partition coefficient (Wildman–Crippen LogP) is -2.14. The van der Waals surface area contributed by atoms with E-state index in [1.54, 1.807) is 0 Å². The first-order valence-electron chi connectivity index (χ1n) is 0. The van der Waals surface area contributed by atoms with Crippen LogP contribution in [-0.2, 0) is 271 Å². The average molecular weight is 1730 g/mol. The SMILES string of the molecule is [Ag].[AlH3].[Au].[Co].[Cu].[Fe].[Ir].[Mn].[Mo].[Ni].[Os].[Pd].[Pt].[Rh].[Ru].[SnH2]. The van der Waals surface area contributed by atoms with Crippen molar-refractivity contribution in [2.75, 3.05) is 0 Å². The Kier molecular flexibility index (Phi) is 1480. The fraction of sp³-hybridized carbons (Fsp3) is 0. The normalized spacial score (nSPS) is 0. The van der Waals surface area contributed by atoms with Crippen LogP contribution in [0.25, 0.3) is 0 Å². The molecule has 0 aliphatic carbocycles. The van der Waals surface area contributed by atoms with Crippen LogP contribution < -0.4 is 0 Å². The van der Waals surface area contributed by atoms with Gasteiger partial charge in [-0.1, -0.05) is 0 Å². The second-order valence-corrected chi connectivity index (χ2v) is 0. The molecule has 9 radical (unpaired) electrons. The molecule has 0 spiro atoms. The number of hydrogen-bond acceptors (Lipinski definition) is 0. The van der Waals surface area contributed by atoms with Crippen LogP contribution in [0.15, 0.2) is 0 Å². The van der Waals surface area contributed by atoms with Gasteiger partial charge in [0.15, 0.2) is 17.4 Å². The molecule has 16 heavy (non-hydrogen) atoms. The van der Waals surface area contributed by atoms with Crippen molar-refractivity contribution in [3.05, 3.63) is 0 Å². The Morgan fingerprint density at radius 2 is 1.00 bits per heavy atom. The van der Waals surface area contributed by atoms with Crippen LogP contribution in [0.4, 0.5) is 0 Å². The van der Waals surface area contributed by atoms with E-state index in [0.29, 0.717) is 0 Å². The third-order valence-corrected chi connectivity index (χ3v) is 0. The molecule has 0 aromatic heterocycles. The first kappa shape index (κ1) is 163. The molecule has 0 heterocycles. The molecule has 0 saturated carbocycles. The van der Waals surface area contributed by atoms with Crippen LogP contribution in [0.2, 0.25) is 0 Å². The summed E-state index contributed by atoms with van der Waals surface area (Å²) in [4.78, 5) is 0. The summed E-state index contributed by atoms with van der Waals surface area (Å²) in [5, 5.41) is 0.